The van der Waals surface area contributed by atoms with Gasteiger partial charge < -0.3 is 10.5 Å². The average molecular weight is 262 g/mol. The van der Waals surface area contributed by atoms with Crippen LogP contribution >= 0.6 is 0 Å². The number of nitrogen functional groups attached to an aromatic ring is 1. The maximum Gasteiger partial charge on any atom is 0.0710 e. The van der Waals surface area contributed by atoms with Crippen LogP contribution in [0, 0.1) is 0 Å². The lowest BCUT2D eigenvalue weighted by Gasteiger charge is -2.26. The average Bonchev–Trinajstić information content (AvgIpc) is 2.68. The minimum Gasteiger partial charge on any atom is -0.399 e. The van der Waals surface area contributed by atoms with Crippen molar-refractivity contribution >= 4 is 5.69 Å². The number of hydrogen-bond donors (Lipinski definition) is 1. The van der Waals surface area contributed by atoms with E-state index in [-0.39, 0.29) is 5.60 Å². The summed E-state index contributed by atoms with van der Waals surface area (Å²) < 4.78 is 6.08. The molecular weight excluding hydrogens is 236 g/mol. The van der Waals surface area contributed by atoms with Gasteiger partial charge in [-0.1, -0.05) is 19.1 Å². The summed E-state index contributed by atoms with van der Waals surface area (Å²) in [4.78, 5) is 2.43. The predicted molar refractivity (Wildman–Crippen MR) is 80.0 cm³/mol. The van der Waals surface area contributed by atoms with Crippen LogP contribution in [0.15, 0.2) is 24.3 Å². The molecule has 1 aromatic carbocycles. The van der Waals surface area contributed by atoms with E-state index < -0.39 is 0 Å². The van der Waals surface area contributed by atoms with Gasteiger partial charge >= 0.3 is 0 Å². The second-order valence-electron chi connectivity index (χ2n) is 6.11. The number of anilines is 1. The first kappa shape index (κ1) is 14.4. The van der Waals surface area contributed by atoms with E-state index >= 15 is 0 Å². The molecule has 2 N–H and O–H groups in total. The molecule has 3 heteroatoms. The van der Waals surface area contributed by atoms with E-state index in [0.717, 1.165) is 31.7 Å². The molecule has 0 aliphatic carbocycles. The van der Waals surface area contributed by atoms with E-state index in [9.17, 15) is 0 Å². The van der Waals surface area contributed by atoms with Crippen LogP contribution in [0.3, 0.4) is 0 Å². The molecule has 1 aliphatic rings. The zero-order chi connectivity index (χ0) is 13.9. The predicted octanol–water partition coefficient (Wildman–Crippen LogP) is 3.05. The smallest absolute Gasteiger partial charge is 0.0710 e. The summed E-state index contributed by atoms with van der Waals surface area (Å²) in [6.45, 7) is 9.56. The van der Waals surface area contributed by atoms with E-state index in [2.05, 4.69) is 37.8 Å². The zero-order valence-corrected chi connectivity index (χ0v) is 12.4. The Balaban J connectivity index is 1.90. The number of benzene rings is 1. The van der Waals surface area contributed by atoms with Crippen LogP contribution in [-0.2, 0) is 11.3 Å². The monoisotopic (exact) mass is 262 g/mol. The van der Waals surface area contributed by atoms with Crippen molar-refractivity contribution in [2.24, 2.45) is 0 Å². The van der Waals surface area contributed by atoms with Gasteiger partial charge in [0.05, 0.1) is 11.7 Å². The zero-order valence-electron chi connectivity index (χ0n) is 12.4. The molecule has 106 valence electrons. The first-order valence-electron chi connectivity index (χ1n) is 7.23. The third-order valence-corrected chi connectivity index (χ3v) is 3.82. The lowest BCUT2D eigenvalue weighted by molar-refractivity contribution is -0.0290. The fourth-order valence-corrected chi connectivity index (χ4v) is 2.75. The van der Waals surface area contributed by atoms with Crippen LogP contribution in [0.25, 0.3) is 0 Å². The van der Waals surface area contributed by atoms with Crippen LogP contribution < -0.4 is 5.73 Å². The van der Waals surface area contributed by atoms with Crippen molar-refractivity contribution in [3.8, 4) is 0 Å². The van der Waals surface area contributed by atoms with Crippen molar-refractivity contribution in [3.63, 3.8) is 0 Å². The van der Waals surface area contributed by atoms with E-state index in [0.29, 0.717) is 6.10 Å². The maximum absolute atomic E-state index is 6.08. The Labute approximate surface area is 116 Å². The summed E-state index contributed by atoms with van der Waals surface area (Å²) in [5, 5.41) is 0. The molecule has 0 amide bonds. The van der Waals surface area contributed by atoms with Crippen molar-refractivity contribution in [3.05, 3.63) is 29.8 Å². The van der Waals surface area contributed by atoms with Crippen molar-refractivity contribution in [2.75, 3.05) is 18.8 Å². The second kappa shape index (κ2) is 5.93. The van der Waals surface area contributed by atoms with Crippen LogP contribution in [0.2, 0.25) is 0 Å². The number of hydrogen-bond acceptors (Lipinski definition) is 3. The highest BCUT2D eigenvalue weighted by molar-refractivity contribution is 5.40. The third-order valence-electron chi connectivity index (χ3n) is 3.82. The number of nitrogens with two attached hydrogens (primary N) is 1. The number of ether oxygens (including phenoxy) is 1. The summed E-state index contributed by atoms with van der Waals surface area (Å²) in [7, 11) is 0. The van der Waals surface area contributed by atoms with Gasteiger partial charge in [0.25, 0.3) is 0 Å². The largest absolute Gasteiger partial charge is 0.399 e. The van der Waals surface area contributed by atoms with E-state index in [4.69, 9.17) is 10.5 Å². The molecule has 0 saturated carbocycles. The highest BCUT2D eigenvalue weighted by Gasteiger charge is 2.32. The highest BCUT2D eigenvalue weighted by atomic mass is 16.5. The number of rotatable bonds is 5. The lowest BCUT2D eigenvalue weighted by atomic mass is 10.1. The van der Waals surface area contributed by atoms with Crippen LogP contribution in [0.1, 0.15) is 39.2 Å². The fraction of sp³-hybridized carbons (Fsp3) is 0.625. The second-order valence-corrected chi connectivity index (χ2v) is 6.11. The van der Waals surface area contributed by atoms with Crippen molar-refractivity contribution in [1.82, 2.24) is 4.90 Å². The maximum atomic E-state index is 6.08. The van der Waals surface area contributed by atoms with Crippen LogP contribution in [0.4, 0.5) is 5.69 Å². The number of likely N-dealkylation sites (N-methyl/N-ethyl adjacent to an activating group) is 1. The van der Waals surface area contributed by atoms with Gasteiger partial charge in [0, 0.05) is 18.8 Å². The van der Waals surface area contributed by atoms with Crippen molar-refractivity contribution < 1.29 is 4.74 Å². The topological polar surface area (TPSA) is 38.5 Å². The fourth-order valence-electron chi connectivity index (χ4n) is 2.75. The Kier molecular flexibility index (Phi) is 4.48. The summed E-state index contributed by atoms with van der Waals surface area (Å²) in [5.74, 6) is 0. The van der Waals surface area contributed by atoms with E-state index in [1.54, 1.807) is 0 Å². The summed E-state index contributed by atoms with van der Waals surface area (Å²) in [6.07, 6.45) is 2.70. The molecular formula is C16H26N2O. The molecule has 2 rings (SSSR count). The summed E-state index contributed by atoms with van der Waals surface area (Å²) >= 11 is 0. The molecule has 3 nitrogen and oxygen atoms in total. The number of nitrogens with zero attached hydrogens (tertiary/aromatic N) is 1. The van der Waals surface area contributed by atoms with Gasteiger partial charge in [-0.25, -0.2) is 0 Å². The molecule has 0 spiro atoms. The lowest BCUT2D eigenvalue weighted by Crippen LogP contribution is -2.33. The molecule has 1 unspecified atom stereocenters. The van der Waals surface area contributed by atoms with E-state index in [1.807, 2.05) is 12.1 Å². The summed E-state index contributed by atoms with van der Waals surface area (Å²) in [5.41, 5.74) is 8.01. The van der Waals surface area contributed by atoms with Gasteiger partial charge in [0.1, 0.15) is 0 Å². The molecule has 0 aromatic heterocycles. The molecule has 0 bridgehead atoms. The van der Waals surface area contributed by atoms with Gasteiger partial charge in [0.2, 0.25) is 0 Å². The van der Waals surface area contributed by atoms with Gasteiger partial charge in [-0.05, 0) is 50.9 Å². The quantitative estimate of drug-likeness (QED) is 0.829. The molecule has 1 atom stereocenters. The van der Waals surface area contributed by atoms with Crippen LogP contribution in [-0.4, -0.2) is 29.7 Å². The highest BCUT2D eigenvalue weighted by Crippen LogP contribution is 2.29. The van der Waals surface area contributed by atoms with E-state index in [1.165, 1.54) is 12.0 Å². The Morgan fingerprint density at radius 1 is 1.42 bits per heavy atom. The first-order chi connectivity index (χ1) is 8.98. The first-order valence-corrected chi connectivity index (χ1v) is 7.23. The van der Waals surface area contributed by atoms with Gasteiger partial charge in [-0.15, -0.1) is 0 Å². The normalized spacial score (nSPS) is 22.0. The van der Waals surface area contributed by atoms with Gasteiger partial charge in [-0.3, -0.25) is 4.90 Å². The standard InChI is InChI=1S/C16H26N2O/c1-4-18(11-13-6-5-7-14(17)10-13)12-15-8-9-16(2,3)19-15/h5-7,10,15H,4,8-9,11-12,17H2,1-3H3. The SMILES string of the molecule is CCN(Cc1cccc(N)c1)CC1CCC(C)(C)O1. The van der Waals surface area contributed by atoms with Crippen molar-refractivity contribution in [1.29, 1.82) is 0 Å². The molecule has 0 radical (unpaired) electrons. The molecule has 1 heterocycles. The molecule has 1 saturated heterocycles. The Morgan fingerprint density at radius 3 is 2.79 bits per heavy atom. The Bertz CT molecular complexity index is 417. The van der Waals surface area contributed by atoms with Gasteiger partial charge in [-0.2, -0.15) is 0 Å². The van der Waals surface area contributed by atoms with Crippen LogP contribution in [0.5, 0.6) is 0 Å². The third kappa shape index (κ3) is 4.22. The Morgan fingerprint density at radius 2 is 2.21 bits per heavy atom. The Hall–Kier alpha value is -1.06. The molecule has 1 fully saturated rings. The molecule has 19 heavy (non-hydrogen) atoms. The minimum atomic E-state index is 0.0568. The summed E-state index contributed by atoms with van der Waals surface area (Å²) in [6, 6.07) is 8.15. The van der Waals surface area contributed by atoms with Crippen molar-refractivity contribution in [2.45, 2.75) is 51.9 Å². The molecule has 1 aromatic rings. The van der Waals surface area contributed by atoms with Gasteiger partial charge in [0.15, 0.2) is 0 Å². The minimum absolute atomic E-state index is 0.0568. The molecule has 1 aliphatic heterocycles.